The number of nitrogens with zero attached hydrogens (tertiary/aromatic N) is 4. The van der Waals surface area contributed by atoms with E-state index >= 15 is 0 Å². The summed E-state index contributed by atoms with van der Waals surface area (Å²) < 4.78 is 6.15. The average molecular weight is 303 g/mol. The number of methoxy groups -OCH3 is 1. The molecule has 0 aliphatic rings. The van der Waals surface area contributed by atoms with Gasteiger partial charge in [-0.3, -0.25) is 4.79 Å². The van der Waals surface area contributed by atoms with Crippen LogP contribution in [0, 0.1) is 5.92 Å². The number of hydrogen-bond acceptors (Lipinski definition) is 6. The van der Waals surface area contributed by atoms with Crippen molar-refractivity contribution >= 4 is 11.9 Å². The van der Waals surface area contributed by atoms with Crippen molar-refractivity contribution in [2.75, 3.05) is 7.11 Å². The number of aromatic nitrogens is 4. The van der Waals surface area contributed by atoms with Crippen molar-refractivity contribution in [3.05, 3.63) is 36.2 Å². The molecule has 1 aromatic heterocycles. The zero-order valence-corrected chi connectivity index (χ0v) is 12.6. The minimum Gasteiger partial charge on any atom is -0.467 e. The molecular formula is C14H17N5O3. The second-order valence-electron chi connectivity index (χ2n) is 5.02. The molecule has 116 valence electrons. The Balaban J connectivity index is 2.19. The molecule has 0 fully saturated rings. The second kappa shape index (κ2) is 6.79. The molecule has 0 radical (unpaired) electrons. The number of carbonyl (C=O) groups is 2. The maximum absolute atomic E-state index is 12.3. The summed E-state index contributed by atoms with van der Waals surface area (Å²) in [6.45, 7) is 3.67. The number of tetrazole rings is 1. The third kappa shape index (κ3) is 3.46. The topological polar surface area (TPSA) is 99.0 Å². The molecule has 2 aromatic rings. The van der Waals surface area contributed by atoms with E-state index in [-0.39, 0.29) is 11.8 Å². The van der Waals surface area contributed by atoms with Crippen LogP contribution in [0.5, 0.6) is 0 Å². The van der Waals surface area contributed by atoms with Crippen LogP contribution in [0.25, 0.3) is 5.69 Å². The first kappa shape index (κ1) is 15.6. The van der Waals surface area contributed by atoms with Crippen LogP contribution < -0.4 is 5.32 Å². The fourth-order valence-electron chi connectivity index (χ4n) is 1.92. The van der Waals surface area contributed by atoms with E-state index in [1.54, 1.807) is 24.3 Å². The zero-order valence-electron chi connectivity index (χ0n) is 12.6. The summed E-state index contributed by atoms with van der Waals surface area (Å²) in [4.78, 5) is 24.0. The number of hydrogen-bond donors (Lipinski definition) is 1. The summed E-state index contributed by atoms with van der Waals surface area (Å²) in [5, 5.41) is 13.5. The predicted octanol–water partition coefficient (Wildman–Crippen LogP) is 0.590. The first-order valence-corrected chi connectivity index (χ1v) is 6.75. The van der Waals surface area contributed by atoms with Gasteiger partial charge in [0, 0.05) is 5.56 Å². The molecule has 8 heteroatoms. The van der Waals surface area contributed by atoms with Crippen LogP contribution in [0.1, 0.15) is 24.2 Å². The van der Waals surface area contributed by atoms with Crippen LogP contribution in [0.3, 0.4) is 0 Å². The lowest BCUT2D eigenvalue weighted by atomic mass is 10.0. The van der Waals surface area contributed by atoms with Gasteiger partial charge < -0.3 is 10.1 Å². The summed E-state index contributed by atoms with van der Waals surface area (Å²) in [5.74, 6) is -0.918. The van der Waals surface area contributed by atoms with Gasteiger partial charge >= 0.3 is 5.97 Å². The first-order valence-electron chi connectivity index (χ1n) is 6.75. The zero-order chi connectivity index (χ0) is 16.1. The molecule has 1 atom stereocenters. The Kier molecular flexibility index (Phi) is 4.82. The van der Waals surface area contributed by atoms with Gasteiger partial charge in [-0.1, -0.05) is 19.9 Å². The molecule has 1 amide bonds. The van der Waals surface area contributed by atoms with Crippen LogP contribution in [0.2, 0.25) is 0 Å². The molecule has 2 rings (SSSR count). The summed E-state index contributed by atoms with van der Waals surface area (Å²) in [5.41, 5.74) is 1.05. The smallest absolute Gasteiger partial charge is 0.328 e. The number of amides is 1. The number of esters is 1. The van der Waals surface area contributed by atoms with Gasteiger partial charge in [0.1, 0.15) is 12.4 Å². The van der Waals surface area contributed by atoms with Crippen molar-refractivity contribution in [2.24, 2.45) is 5.92 Å². The lowest BCUT2D eigenvalue weighted by molar-refractivity contribution is -0.144. The fourth-order valence-corrected chi connectivity index (χ4v) is 1.92. The van der Waals surface area contributed by atoms with Gasteiger partial charge in [-0.05, 0) is 34.5 Å². The molecule has 0 saturated heterocycles. The fraction of sp³-hybridized carbons (Fsp3) is 0.357. The summed E-state index contributed by atoms with van der Waals surface area (Å²) >= 11 is 0. The van der Waals surface area contributed by atoms with E-state index < -0.39 is 12.0 Å². The lowest BCUT2D eigenvalue weighted by Gasteiger charge is -2.19. The van der Waals surface area contributed by atoms with E-state index in [1.165, 1.54) is 18.1 Å². The molecule has 1 N–H and O–H groups in total. The highest BCUT2D eigenvalue weighted by Gasteiger charge is 2.25. The van der Waals surface area contributed by atoms with Crippen molar-refractivity contribution in [3.63, 3.8) is 0 Å². The van der Waals surface area contributed by atoms with Crippen LogP contribution in [-0.2, 0) is 9.53 Å². The Hall–Kier alpha value is -2.77. The molecule has 1 unspecified atom stereocenters. The SMILES string of the molecule is COC(=O)C(NC(=O)c1cccc(-n2cnnn2)c1)C(C)C. The van der Waals surface area contributed by atoms with E-state index in [2.05, 4.69) is 20.8 Å². The maximum Gasteiger partial charge on any atom is 0.328 e. The maximum atomic E-state index is 12.3. The Morgan fingerprint density at radius 2 is 2.09 bits per heavy atom. The average Bonchev–Trinajstić information content (AvgIpc) is 3.06. The van der Waals surface area contributed by atoms with Gasteiger partial charge in [-0.25, -0.2) is 9.48 Å². The standard InChI is InChI=1S/C14H17N5O3/c1-9(2)12(14(21)22-3)16-13(20)10-5-4-6-11(7-10)19-8-15-17-18-19/h4-9,12H,1-3H3,(H,16,20). The largest absolute Gasteiger partial charge is 0.467 e. The number of nitrogens with one attached hydrogen (secondary N) is 1. The van der Waals surface area contributed by atoms with Gasteiger partial charge in [0.15, 0.2) is 0 Å². The number of carbonyl (C=O) groups excluding carboxylic acids is 2. The minimum absolute atomic E-state index is 0.0842. The van der Waals surface area contributed by atoms with Crippen molar-refractivity contribution in [1.82, 2.24) is 25.5 Å². The molecular weight excluding hydrogens is 286 g/mol. The Labute approximate surface area is 127 Å². The van der Waals surface area contributed by atoms with Crippen LogP contribution in [0.15, 0.2) is 30.6 Å². The normalized spacial score (nSPS) is 12.0. The van der Waals surface area contributed by atoms with E-state index in [1.807, 2.05) is 13.8 Å². The highest BCUT2D eigenvalue weighted by Crippen LogP contribution is 2.10. The molecule has 1 heterocycles. The molecule has 0 aliphatic heterocycles. The summed E-state index contributed by atoms with van der Waals surface area (Å²) in [6, 6.07) is 6.08. The van der Waals surface area contributed by atoms with Crippen molar-refractivity contribution in [2.45, 2.75) is 19.9 Å². The summed E-state index contributed by atoms with van der Waals surface area (Å²) in [6.07, 6.45) is 1.43. The van der Waals surface area contributed by atoms with Crippen LogP contribution >= 0.6 is 0 Å². The van der Waals surface area contributed by atoms with E-state index in [0.29, 0.717) is 11.3 Å². The van der Waals surface area contributed by atoms with Crippen molar-refractivity contribution in [3.8, 4) is 5.69 Å². The molecule has 0 bridgehead atoms. The van der Waals surface area contributed by atoms with Crippen LogP contribution in [0.4, 0.5) is 0 Å². The van der Waals surface area contributed by atoms with Gasteiger partial charge in [0.2, 0.25) is 0 Å². The van der Waals surface area contributed by atoms with Crippen molar-refractivity contribution in [1.29, 1.82) is 0 Å². The molecule has 0 aliphatic carbocycles. The Morgan fingerprint density at radius 3 is 2.68 bits per heavy atom. The number of rotatable bonds is 5. The second-order valence-corrected chi connectivity index (χ2v) is 5.02. The Morgan fingerprint density at radius 1 is 1.32 bits per heavy atom. The molecule has 8 nitrogen and oxygen atoms in total. The van der Waals surface area contributed by atoms with Gasteiger partial charge in [-0.15, -0.1) is 5.10 Å². The Bertz CT molecular complexity index is 654. The predicted molar refractivity (Wildman–Crippen MR) is 77.3 cm³/mol. The summed E-state index contributed by atoms with van der Waals surface area (Å²) in [7, 11) is 1.29. The molecule has 0 saturated carbocycles. The minimum atomic E-state index is -0.700. The number of ether oxygens (including phenoxy) is 1. The van der Waals surface area contributed by atoms with E-state index in [4.69, 9.17) is 4.74 Å². The highest BCUT2D eigenvalue weighted by molar-refractivity contribution is 5.97. The monoisotopic (exact) mass is 303 g/mol. The molecule has 1 aromatic carbocycles. The van der Waals surface area contributed by atoms with Crippen molar-refractivity contribution < 1.29 is 14.3 Å². The third-order valence-corrected chi connectivity index (χ3v) is 3.13. The molecule has 0 spiro atoms. The molecule has 22 heavy (non-hydrogen) atoms. The lowest BCUT2D eigenvalue weighted by Crippen LogP contribution is -2.45. The van der Waals surface area contributed by atoms with Gasteiger partial charge in [0.05, 0.1) is 12.8 Å². The highest BCUT2D eigenvalue weighted by atomic mass is 16.5. The van der Waals surface area contributed by atoms with Crippen LogP contribution in [-0.4, -0.2) is 45.2 Å². The first-order chi connectivity index (χ1) is 10.5. The van der Waals surface area contributed by atoms with E-state index in [0.717, 1.165) is 0 Å². The van der Waals surface area contributed by atoms with Gasteiger partial charge in [-0.2, -0.15) is 0 Å². The van der Waals surface area contributed by atoms with Gasteiger partial charge in [0.25, 0.3) is 5.91 Å². The van der Waals surface area contributed by atoms with E-state index in [9.17, 15) is 9.59 Å². The quantitative estimate of drug-likeness (QED) is 0.812. The number of benzene rings is 1. The third-order valence-electron chi connectivity index (χ3n) is 3.13.